The fraction of sp³-hybridized carbons (Fsp3) is 0.500. The fourth-order valence-electron chi connectivity index (χ4n) is 1.23. The topological polar surface area (TPSA) is 79.3 Å². The van der Waals surface area contributed by atoms with E-state index >= 15 is 0 Å². The van der Waals surface area contributed by atoms with E-state index in [-0.39, 0.29) is 18.4 Å². The van der Waals surface area contributed by atoms with E-state index in [0.29, 0.717) is 5.69 Å². The summed E-state index contributed by atoms with van der Waals surface area (Å²) >= 11 is 1.33. The molecule has 1 aromatic rings. The van der Waals surface area contributed by atoms with E-state index in [1.165, 1.54) is 11.3 Å². The highest BCUT2D eigenvalue weighted by atomic mass is 32.1. The number of amides is 1. The van der Waals surface area contributed by atoms with Gasteiger partial charge in [0.15, 0.2) is 0 Å². The summed E-state index contributed by atoms with van der Waals surface area (Å²) < 4.78 is 0. The van der Waals surface area contributed by atoms with Crippen molar-refractivity contribution in [3.8, 4) is 0 Å². The molecule has 0 aliphatic heterocycles. The highest BCUT2D eigenvalue weighted by Crippen LogP contribution is 2.10. The van der Waals surface area contributed by atoms with Crippen LogP contribution in [0.1, 0.15) is 24.3 Å². The van der Waals surface area contributed by atoms with Crippen molar-refractivity contribution in [2.75, 3.05) is 6.54 Å². The first-order valence-corrected chi connectivity index (χ1v) is 5.86. The SMILES string of the molecule is CC(C)C(CNC(=O)c1cscn1)C(=O)O. The quantitative estimate of drug-likeness (QED) is 0.814. The van der Waals surface area contributed by atoms with Gasteiger partial charge in [-0.15, -0.1) is 11.3 Å². The summed E-state index contributed by atoms with van der Waals surface area (Å²) in [6.07, 6.45) is 0. The minimum Gasteiger partial charge on any atom is -0.481 e. The van der Waals surface area contributed by atoms with Crippen molar-refractivity contribution in [3.63, 3.8) is 0 Å². The molecule has 0 aliphatic rings. The number of aromatic nitrogens is 1. The zero-order chi connectivity index (χ0) is 12.1. The van der Waals surface area contributed by atoms with Crippen molar-refractivity contribution in [3.05, 3.63) is 16.6 Å². The highest BCUT2D eigenvalue weighted by molar-refractivity contribution is 7.07. The van der Waals surface area contributed by atoms with Crippen LogP contribution in [0.15, 0.2) is 10.9 Å². The number of carbonyl (C=O) groups is 2. The molecule has 0 fully saturated rings. The molecule has 1 aromatic heterocycles. The number of hydrogen-bond donors (Lipinski definition) is 2. The van der Waals surface area contributed by atoms with E-state index < -0.39 is 11.9 Å². The molecule has 1 amide bonds. The fourth-order valence-corrected chi connectivity index (χ4v) is 1.76. The molecule has 5 nitrogen and oxygen atoms in total. The third-order valence-electron chi connectivity index (χ3n) is 2.27. The highest BCUT2D eigenvalue weighted by Gasteiger charge is 2.22. The smallest absolute Gasteiger partial charge is 0.308 e. The molecule has 2 N–H and O–H groups in total. The van der Waals surface area contributed by atoms with Gasteiger partial charge >= 0.3 is 5.97 Å². The molecule has 16 heavy (non-hydrogen) atoms. The lowest BCUT2D eigenvalue weighted by molar-refractivity contribution is -0.142. The lowest BCUT2D eigenvalue weighted by atomic mass is 9.96. The summed E-state index contributed by atoms with van der Waals surface area (Å²) in [6.45, 7) is 3.75. The molecule has 0 spiro atoms. The van der Waals surface area contributed by atoms with E-state index in [4.69, 9.17) is 5.11 Å². The van der Waals surface area contributed by atoms with Crippen molar-refractivity contribution in [2.45, 2.75) is 13.8 Å². The number of carboxylic acids is 1. The van der Waals surface area contributed by atoms with Crippen LogP contribution in [0.2, 0.25) is 0 Å². The maximum atomic E-state index is 11.5. The van der Waals surface area contributed by atoms with Gasteiger partial charge in [-0.1, -0.05) is 13.8 Å². The van der Waals surface area contributed by atoms with Crippen LogP contribution in [-0.4, -0.2) is 28.5 Å². The van der Waals surface area contributed by atoms with Gasteiger partial charge in [0.1, 0.15) is 5.69 Å². The van der Waals surface area contributed by atoms with Gasteiger partial charge in [-0.3, -0.25) is 9.59 Å². The average molecular weight is 242 g/mol. The van der Waals surface area contributed by atoms with Crippen LogP contribution in [0.3, 0.4) is 0 Å². The van der Waals surface area contributed by atoms with E-state index in [1.807, 2.05) is 13.8 Å². The molecular weight excluding hydrogens is 228 g/mol. The maximum Gasteiger partial charge on any atom is 0.308 e. The monoisotopic (exact) mass is 242 g/mol. The Balaban J connectivity index is 2.50. The van der Waals surface area contributed by atoms with E-state index in [0.717, 1.165) is 0 Å². The van der Waals surface area contributed by atoms with Crippen molar-refractivity contribution >= 4 is 23.2 Å². The second-order valence-electron chi connectivity index (χ2n) is 3.77. The molecule has 0 aromatic carbocycles. The summed E-state index contributed by atoms with van der Waals surface area (Å²) in [4.78, 5) is 26.2. The zero-order valence-electron chi connectivity index (χ0n) is 9.14. The van der Waals surface area contributed by atoms with E-state index in [9.17, 15) is 9.59 Å². The molecule has 0 saturated heterocycles. The minimum atomic E-state index is -0.895. The van der Waals surface area contributed by atoms with Crippen molar-refractivity contribution < 1.29 is 14.7 Å². The van der Waals surface area contributed by atoms with Crippen LogP contribution < -0.4 is 5.32 Å². The lowest BCUT2D eigenvalue weighted by Crippen LogP contribution is -2.35. The van der Waals surface area contributed by atoms with Gasteiger partial charge in [-0.05, 0) is 5.92 Å². The molecular formula is C10H14N2O3S. The first-order valence-electron chi connectivity index (χ1n) is 4.91. The summed E-state index contributed by atoms with van der Waals surface area (Å²) in [7, 11) is 0. The Morgan fingerprint density at radius 2 is 2.25 bits per heavy atom. The number of thiazole rings is 1. The Hall–Kier alpha value is -1.43. The second-order valence-corrected chi connectivity index (χ2v) is 4.49. The summed E-state index contributed by atoms with van der Waals surface area (Å²) in [5.41, 5.74) is 1.89. The second kappa shape index (κ2) is 5.60. The van der Waals surface area contributed by atoms with Gasteiger partial charge in [-0.25, -0.2) is 4.98 Å². The first-order chi connectivity index (χ1) is 7.52. The minimum absolute atomic E-state index is 0.0202. The molecule has 6 heteroatoms. The number of hydrogen-bond acceptors (Lipinski definition) is 4. The van der Waals surface area contributed by atoms with Gasteiger partial charge in [0.2, 0.25) is 0 Å². The summed E-state index contributed by atoms with van der Waals surface area (Å²) in [6, 6.07) is 0. The third kappa shape index (κ3) is 3.30. The molecule has 1 heterocycles. The first kappa shape index (κ1) is 12.6. The van der Waals surface area contributed by atoms with Crippen LogP contribution in [-0.2, 0) is 4.79 Å². The Morgan fingerprint density at radius 3 is 2.69 bits per heavy atom. The van der Waals surface area contributed by atoms with Crippen molar-refractivity contribution in [1.29, 1.82) is 0 Å². The molecule has 88 valence electrons. The Bertz CT molecular complexity index is 362. The van der Waals surface area contributed by atoms with Gasteiger partial charge in [0.25, 0.3) is 5.91 Å². The molecule has 1 atom stereocenters. The normalized spacial score (nSPS) is 12.4. The number of carbonyl (C=O) groups excluding carboxylic acids is 1. The lowest BCUT2D eigenvalue weighted by Gasteiger charge is -2.16. The van der Waals surface area contributed by atoms with Gasteiger partial charge in [0, 0.05) is 11.9 Å². The molecule has 1 rings (SSSR count). The van der Waals surface area contributed by atoms with Gasteiger partial charge in [0.05, 0.1) is 11.4 Å². The van der Waals surface area contributed by atoms with Gasteiger partial charge < -0.3 is 10.4 Å². The van der Waals surface area contributed by atoms with Crippen molar-refractivity contribution in [1.82, 2.24) is 10.3 Å². The molecule has 1 unspecified atom stereocenters. The summed E-state index contributed by atoms with van der Waals surface area (Å²) in [5.74, 6) is -1.81. The standard InChI is InChI=1S/C10H14N2O3S/c1-6(2)7(10(14)15)3-11-9(13)8-4-16-5-12-8/h4-7H,3H2,1-2H3,(H,11,13)(H,14,15). The zero-order valence-corrected chi connectivity index (χ0v) is 9.95. The summed E-state index contributed by atoms with van der Waals surface area (Å²) in [5, 5.41) is 13.1. The number of rotatable bonds is 5. The molecule has 0 bridgehead atoms. The molecule has 0 saturated carbocycles. The number of nitrogens with one attached hydrogen (secondary N) is 1. The predicted octanol–water partition coefficient (Wildman–Crippen LogP) is 1.23. The van der Waals surface area contributed by atoms with Crippen molar-refractivity contribution in [2.24, 2.45) is 11.8 Å². The Labute approximate surface area is 97.5 Å². The third-order valence-corrected chi connectivity index (χ3v) is 2.86. The van der Waals surface area contributed by atoms with Crippen LogP contribution in [0, 0.1) is 11.8 Å². The van der Waals surface area contributed by atoms with Crippen LogP contribution >= 0.6 is 11.3 Å². The van der Waals surface area contributed by atoms with E-state index in [2.05, 4.69) is 10.3 Å². The predicted molar refractivity (Wildman–Crippen MR) is 60.4 cm³/mol. The largest absolute Gasteiger partial charge is 0.481 e. The molecule has 0 radical (unpaired) electrons. The Morgan fingerprint density at radius 1 is 1.56 bits per heavy atom. The number of nitrogens with zero attached hydrogens (tertiary/aromatic N) is 1. The number of aliphatic carboxylic acids is 1. The van der Waals surface area contributed by atoms with Gasteiger partial charge in [-0.2, -0.15) is 0 Å². The number of carboxylic acid groups (broad SMARTS) is 1. The van der Waals surface area contributed by atoms with Crippen LogP contribution in [0.25, 0.3) is 0 Å². The van der Waals surface area contributed by atoms with Crippen LogP contribution in [0.4, 0.5) is 0 Å². The van der Waals surface area contributed by atoms with E-state index in [1.54, 1.807) is 10.9 Å². The average Bonchev–Trinajstić information content (AvgIpc) is 2.69. The molecule has 0 aliphatic carbocycles. The van der Waals surface area contributed by atoms with Crippen LogP contribution in [0.5, 0.6) is 0 Å². The maximum absolute atomic E-state index is 11.5. The Kier molecular flexibility index (Phi) is 4.42.